The molecule has 3 rings (SSSR count). The highest BCUT2D eigenvalue weighted by atomic mass is 16.4. The highest BCUT2D eigenvalue weighted by Gasteiger charge is 2.31. The summed E-state index contributed by atoms with van der Waals surface area (Å²) in [6.45, 7) is 4.70. The summed E-state index contributed by atoms with van der Waals surface area (Å²) >= 11 is 0. The zero-order valence-corrected chi connectivity index (χ0v) is 13.2. The van der Waals surface area contributed by atoms with Gasteiger partial charge in [-0.25, -0.2) is 9.78 Å². The number of urea groups is 1. The van der Waals surface area contributed by atoms with Crippen molar-refractivity contribution in [3.63, 3.8) is 0 Å². The van der Waals surface area contributed by atoms with E-state index in [0.717, 1.165) is 11.3 Å². The van der Waals surface area contributed by atoms with Crippen molar-refractivity contribution in [2.24, 2.45) is 11.8 Å². The zero-order valence-electron chi connectivity index (χ0n) is 13.2. The lowest BCUT2D eigenvalue weighted by atomic mass is 9.91. The van der Waals surface area contributed by atoms with Gasteiger partial charge in [0, 0.05) is 25.5 Å². The number of carboxylic acid groups (broad SMARTS) is 1. The Morgan fingerprint density at radius 1 is 1.30 bits per heavy atom. The summed E-state index contributed by atoms with van der Waals surface area (Å²) in [5, 5.41) is 12.0. The minimum Gasteiger partial charge on any atom is -0.481 e. The number of carbonyl (C=O) groups is 2. The molecule has 2 atom stereocenters. The lowest BCUT2D eigenvalue weighted by Crippen LogP contribution is -2.47. The van der Waals surface area contributed by atoms with E-state index >= 15 is 0 Å². The largest absolute Gasteiger partial charge is 0.481 e. The summed E-state index contributed by atoms with van der Waals surface area (Å²) < 4.78 is 1.85. The van der Waals surface area contributed by atoms with Gasteiger partial charge < -0.3 is 19.7 Å². The number of hydrogen-bond donors (Lipinski definition) is 2. The molecule has 0 aromatic carbocycles. The number of fused-ring (bicyclic) bond motifs is 1. The van der Waals surface area contributed by atoms with Gasteiger partial charge in [-0.2, -0.15) is 0 Å². The quantitative estimate of drug-likeness (QED) is 0.889. The van der Waals surface area contributed by atoms with Crippen LogP contribution in [0.2, 0.25) is 0 Å². The number of aromatic nitrogens is 2. The number of rotatable bonds is 2. The molecule has 0 radical (unpaired) electrons. The van der Waals surface area contributed by atoms with Crippen LogP contribution in [0.1, 0.15) is 19.0 Å². The Bertz CT molecular complexity index is 755. The van der Waals surface area contributed by atoms with Gasteiger partial charge in [-0.3, -0.25) is 4.79 Å². The van der Waals surface area contributed by atoms with Crippen LogP contribution in [0.4, 0.5) is 10.5 Å². The van der Waals surface area contributed by atoms with E-state index in [0.29, 0.717) is 18.7 Å². The van der Waals surface area contributed by atoms with Crippen molar-refractivity contribution in [1.29, 1.82) is 0 Å². The maximum absolute atomic E-state index is 12.4. The number of carbonyl (C=O) groups excluding carboxylic acids is 1. The third kappa shape index (κ3) is 3.28. The summed E-state index contributed by atoms with van der Waals surface area (Å²) in [4.78, 5) is 29.5. The van der Waals surface area contributed by atoms with Crippen LogP contribution in [0.3, 0.4) is 0 Å². The number of aryl methyl sites for hydroxylation is 1. The Labute approximate surface area is 133 Å². The molecule has 3 heterocycles. The van der Waals surface area contributed by atoms with Crippen LogP contribution in [0.15, 0.2) is 24.5 Å². The molecule has 0 saturated carbocycles. The van der Waals surface area contributed by atoms with E-state index in [1.54, 1.807) is 17.2 Å². The van der Waals surface area contributed by atoms with Gasteiger partial charge >= 0.3 is 12.0 Å². The predicted octanol–water partition coefficient (Wildman–Crippen LogP) is 2.22. The molecular weight excluding hydrogens is 296 g/mol. The molecule has 0 spiro atoms. The molecule has 122 valence electrons. The van der Waals surface area contributed by atoms with Crippen LogP contribution in [0.25, 0.3) is 5.65 Å². The number of pyridine rings is 1. The number of anilines is 1. The van der Waals surface area contributed by atoms with Gasteiger partial charge in [0.2, 0.25) is 0 Å². The van der Waals surface area contributed by atoms with Crippen molar-refractivity contribution in [3.05, 3.63) is 30.2 Å². The molecule has 1 aliphatic heterocycles. The lowest BCUT2D eigenvalue weighted by Gasteiger charge is -2.34. The SMILES string of the molecule is Cc1cn2cc(NC(=O)N3CC(C)CC(C(=O)O)C3)ccc2n1. The number of aliphatic carboxylic acids is 1. The maximum Gasteiger partial charge on any atom is 0.321 e. The highest BCUT2D eigenvalue weighted by Crippen LogP contribution is 2.22. The summed E-state index contributed by atoms with van der Waals surface area (Å²) in [7, 11) is 0. The molecule has 0 bridgehead atoms. The number of imidazole rings is 1. The normalized spacial score (nSPS) is 21.4. The molecule has 2 unspecified atom stereocenters. The summed E-state index contributed by atoms with van der Waals surface area (Å²) in [5.41, 5.74) is 2.38. The van der Waals surface area contributed by atoms with E-state index in [-0.39, 0.29) is 18.5 Å². The number of amides is 2. The second-order valence-corrected chi connectivity index (χ2v) is 6.28. The summed E-state index contributed by atoms with van der Waals surface area (Å²) in [6.07, 6.45) is 4.29. The molecule has 2 aromatic heterocycles. The Morgan fingerprint density at radius 2 is 2.09 bits per heavy atom. The average molecular weight is 316 g/mol. The average Bonchev–Trinajstić information content (AvgIpc) is 2.85. The highest BCUT2D eigenvalue weighted by molar-refractivity contribution is 5.89. The lowest BCUT2D eigenvalue weighted by molar-refractivity contribution is -0.143. The fourth-order valence-electron chi connectivity index (χ4n) is 3.09. The Hall–Kier alpha value is -2.57. The van der Waals surface area contributed by atoms with Crippen LogP contribution in [0, 0.1) is 18.8 Å². The third-order valence-corrected chi connectivity index (χ3v) is 4.12. The van der Waals surface area contributed by atoms with E-state index in [1.807, 2.05) is 30.5 Å². The molecule has 2 N–H and O–H groups in total. The molecule has 1 fully saturated rings. The fourth-order valence-corrected chi connectivity index (χ4v) is 3.09. The molecule has 23 heavy (non-hydrogen) atoms. The number of carboxylic acids is 1. The van der Waals surface area contributed by atoms with Crippen LogP contribution < -0.4 is 5.32 Å². The second kappa shape index (κ2) is 5.91. The molecule has 1 aliphatic rings. The first kappa shape index (κ1) is 15.3. The van der Waals surface area contributed by atoms with E-state index < -0.39 is 11.9 Å². The molecule has 0 aliphatic carbocycles. The van der Waals surface area contributed by atoms with Crippen LogP contribution in [-0.2, 0) is 4.79 Å². The minimum absolute atomic E-state index is 0.175. The smallest absolute Gasteiger partial charge is 0.321 e. The van der Waals surface area contributed by atoms with Gasteiger partial charge in [-0.1, -0.05) is 6.92 Å². The standard InChI is InChI=1S/C16H20N4O3/c1-10-5-12(15(21)22)8-20(6-10)16(23)18-13-3-4-14-17-11(2)7-19(14)9-13/h3-4,7,9-10,12H,5-6,8H2,1-2H3,(H,18,23)(H,21,22). The van der Waals surface area contributed by atoms with Gasteiger partial charge in [0.05, 0.1) is 17.3 Å². The van der Waals surface area contributed by atoms with Gasteiger partial charge in [-0.05, 0) is 31.4 Å². The fraction of sp³-hybridized carbons (Fsp3) is 0.438. The van der Waals surface area contributed by atoms with Crippen molar-refractivity contribution in [1.82, 2.24) is 14.3 Å². The van der Waals surface area contributed by atoms with E-state index in [2.05, 4.69) is 10.3 Å². The van der Waals surface area contributed by atoms with Crippen LogP contribution in [0.5, 0.6) is 0 Å². The van der Waals surface area contributed by atoms with Crippen molar-refractivity contribution < 1.29 is 14.7 Å². The van der Waals surface area contributed by atoms with Gasteiger partial charge in [0.25, 0.3) is 0 Å². The van der Waals surface area contributed by atoms with Crippen molar-refractivity contribution in [3.8, 4) is 0 Å². The molecule has 7 nitrogen and oxygen atoms in total. The van der Waals surface area contributed by atoms with E-state index in [9.17, 15) is 14.7 Å². The van der Waals surface area contributed by atoms with Crippen molar-refractivity contribution in [2.45, 2.75) is 20.3 Å². The summed E-state index contributed by atoms with van der Waals surface area (Å²) in [5.74, 6) is -1.16. The van der Waals surface area contributed by atoms with Gasteiger partial charge in [0.15, 0.2) is 0 Å². The first-order chi connectivity index (χ1) is 10.9. The first-order valence-electron chi connectivity index (χ1n) is 7.66. The number of hydrogen-bond acceptors (Lipinski definition) is 3. The van der Waals surface area contributed by atoms with Gasteiger partial charge in [-0.15, -0.1) is 0 Å². The minimum atomic E-state index is -0.843. The topological polar surface area (TPSA) is 86.9 Å². The van der Waals surface area contributed by atoms with Crippen molar-refractivity contribution in [2.75, 3.05) is 18.4 Å². The van der Waals surface area contributed by atoms with Crippen LogP contribution >= 0.6 is 0 Å². The Morgan fingerprint density at radius 3 is 2.83 bits per heavy atom. The molecule has 1 saturated heterocycles. The predicted molar refractivity (Wildman–Crippen MR) is 85.4 cm³/mol. The van der Waals surface area contributed by atoms with Crippen molar-refractivity contribution >= 4 is 23.3 Å². The summed E-state index contributed by atoms with van der Waals surface area (Å²) in [6, 6.07) is 3.36. The zero-order chi connectivity index (χ0) is 16.6. The molecular formula is C16H20N4O3. The Balaban J connectivity index is 1.72. The van der Waals surface area contributed by atoms with E-state index in [1.165, 1.54) is 0 Å². The molecule has 7 heteroatoms. The maximum atomic E-state index is 12.4. The third-order valence-electron chi connectivity index (χ3n) is 4.12. The number of likely N-dealkylation sites (tertiary alicyclic amines) is 1. The number of nitrogens with one attached hydrogen (secondary N) is 1. The second-order valence-electron chi connectivity index (χ2n) is 6.28. The number of piperidine rings is 1. The molecule has 2 amide bonds. The van der Waals surface area contributed by atoms with Crippen LogP contribution in [-0.4, -0.2) is 44.5 Å². The van der Waals surface area contributed by atoms with Gasteiger partial charge in [0.1, 0.15) is 5.65 Å². The first-order valence-corrected chi connectivity index (χ1v) is 7.66. The van der Waals surface area contributed by atoms with E-state index in [4.69, 9.17) is 0 Å². The number of nitrogens with zero attached hydrogens (tertiary/aromatic N) is 3. The molecule has 2 aromatic rings. The Kier molecular flexibility index (Phi) is 3.94. The monoisotopic (exact) mass is 316 g/mol.